The summed E-state index contributed by atoms with van der Waals surface area (Å²) in [6.45, 7) is 4.70. The van der Waals surface area contributed by atoms with Crippen LogP contribution in [0.25, 0.3) is 0 Å². The summed E-state index contributed by atoms with van der Waals surface area (Å²) in [4.78, 5) is 25.2. The second-order valence-electron chi connectivity index (χ2n) is 4.23. The van der Waals surface area contributed by atoms with Crippen molar-refractivity contribution in [2.24, 2.45) is 0 Å². The topological polar surface area (TPSA) is 97.0 Å². The van der Waals surface area contributed by atoms with Gasteiger partial charge in [-0.15, -0.1) is 0 Å². The molecule has 3 N–H and O–H groups in total. The highest BCUT2D eigenvalue weighted by Crippen LogP contribution is 2.23. The quantitative estimate of drug-likeness (QED) is 0.724. The minimum absolute atomic E-state index is 0.0225. The number of nitrogens with zero attached hydrogens (tertiary/aromatic N) is 4. The molecular weight excluding hydrogens is 244 g/mol. The van der Waals surface area contributed by atoms with E-state index in [1.54, 1.807) is 18.7 Å². The van der Waals surface area contributed by atoms with Gasteiger partial charge in [-0.3, -0.25) is 4.79 Å². The number of hydrogen-bond donors (Lipinski definition) is 2. The molecule has 1 aliphatic rings. The van der Waals surface area contributed by atoms with Crippen molar-refractivity contribution in [1.29, 1.82) is 0 Å². The van der Waals surface area contributed by atoms with Gasteiger partial charge in [0.25, 0.3) is 0 Å². The Kier molecular flexibility index (Phi) is 2.78. The van der Waals surface area contributed by atoms with Crippen LogP contribution in [-0.2, 0) is 4.79 Å². The zero-order valence-corrected chi connectivity index (χ0v) is 10.3. The van der Waals surface area contributed by atoms with Gasteiger partial charge >= 0.3 is 0 Å². The number of piperazine rings is 1. The highest BCUT2D eigenvalue weighted by atomic mass is 35.5. The summed E-state index contributed by atoms with van der Waals surface area (Å²) in [6, 6.07) is 0. The molecule has 0 aromatic carbocycles. The summed E-state index contributed by atoms with van der Waals surface area (Å²) in [5, 5.41) is 2.81. The first kappa shape index (κ1) is 11.8. The number of amides is 1. The van der Waals surface area contributed by atoms with Crippen LogP contribution < -0.4 is 16.0 Å². The van der Waals surface area contributed by atoms with Crippen molar-refractivity contribution in [3.63, 3.8) is 0 Å². The molecule has 1 amide bonds. The number of carbonyl (C=O) groups excluding carboxylic acids is 1. The van der Waals surface area contributed by atoms with Crippen molar-refractivity contribution in [3.05, 3.63) is 5.28 Å². The number of aromatic nitrogens is 3. The Bertz CT molecular complexity index is 443. The average molecular weight is 257 g/mol. The molecule has 17 heavy (non-hydrogen) atoms. The highest BCUT2D eigenvalue weighted by molar-refractivity contribution is 6.28. The van der Waals surface area contributed by atoms with Crippen molar-refractivity contribution in [2.45, 2.75) is 19.4 Å². The summed E-state index contributed by atoms with van der Waals surface area (Å²) in [7, 11) is 0. The highest BCUT2D eigenvalue weighted by Gasteiger charge is 2.39. The molecule has 7 nitrogen and oxygen atoms in total. The summed E-state index contributed by atoms with van der Waals surface area (Å²) in [5.74, 6) is 0.281. The fraction of sp³-hybridized carbons (Fsp3) is 0.556. The fourth-order valence-electron chi connectivity index (χ4n) is 1.72. The van der Waals surface area contributed by atoms with E-state index in [0.717, 1.165) is 0 Å². The molecule has 0 radical (unpaired) electrons. The van der Waals surface area contributed by atoms with E-state index in [1.165, 1.54) is 0 Å². The first-order chi connectivity index (χ1) is 7.91. The van der Waals surface area contributed by atoms with Gasteiger partial charge in [0.15, 0.2) is 0 Å². The standard InChI is InChI=1S/C9H13ClN6O/c1-9(2)5(17)12-3-4-16(9)8-14-6(10)13-7(11)15-8/h3-4H2,1-2H3,(H,12,17)(H2,11,13,14,15). The molecule has 1 aromatic rings. The zero-order chi connectivity index (χ0) is 12.6. The van der Waals surface area contributed by atoms with Crippen LogP contribution in [0.4, 0.5) is 11.9 Å². The number of halogens is 1. The molecule has 0 aliphatic carbocycles. The fourth-order valence-corrected chi connectivity index (χ4v) is 1.89. The number of nitrogen functional groups attached to an aromatic ring is 1. The third-order valence-corrected chi connectivity index (χ3v) is 2.88. The van der Waals surface area contributed by atoms with E-state index in [2.05, 4.69) is 20.3 Å². The zero-order valence-electron chi connectivity index (χ0n) is 9.57. The lowest BCUT2D eigenvalue weighted by Crippen LogP contribution is -2.62. The molecular formula is C9H13ClN6O. The molecule has 2 heterocycles. The first-order valence-electron chi connectivity index (χ1n) is 5.14. The van der Waals surface area contributed by atoms with E-state index in [9.17, 15) is 4.79 Å². The molecule has 0 spiro atoms. The third kappa shape index (κ3) is 2.10. The van der Waals surface area contributed by atoms with Crippen LogP contribution in [0.2, 0.25) is 5.28 Å². The SMILES string of the molecule is CC1(C)C(=O)NCCN1c1nc(N)nc(Cl)n1. The average Bonchev–Trinajstić information content (AvgIpc) is 2.20. The molecule has 0 saturated carbocycles. The molecule has 0 bridgehead atoms. The van der Waals surface area contributed by atoms with Crippen LogP contribution in [0.5, 0.6) is 0 Å². The molecule has 2 rings (SSSR count). The van der Waals surface area contributed by atoms with Crippen molar-refractivity contribution < 1.29 is 4.79 Å². The van der Waals surface area contributed by atoms with Crippen LogP contribution in [0.3, 0.4) is 0 Å². The molecule has 0 unspecified atom stereocenters. The van der Waals surface area contributed by atoms with E-state index in [1.807, 2.05) is 0 Å². The van der Waals surface area contributed by atoms with Crippen LogP contribution in [-0.4, -0.2) is 39.5 Å². The van der Waals surface area contributed by atoms with E-state index in [4.69, 9.17) is 17.3 Å². The lowest BCUT2D eigenvalue weighted by Gasteiger charge is -2.41. The number of rotatable bonds is 1. The van der Waals surface area contributed by atoms with Crippen LogP contribution in [0, 0.1) is 0 Å². The maximum Gasteiger partial charge on any atom is 0.245 e. The Morgan fingerprint density at radius 3 is 2.76 bits per heavy atom. The maximum atomic E-state index is 11.8. The van der Waals surface area contributed by atoms with Crippen LogP contribution in [0.1, 0.15) is 13.8 Å². The number of anilines is 2. The Balaban J connectivity index is 2.41. The molecule has 1 aliphatic heterocycles. The molecule has 0 atom stereocenters. The number of carbonyl (C=O) groups is 1. The summed E-state index contributed by atoms with van der Waals surface area (Å²) >= 11 is 5.73. The van der Waals surface area contributed by atoms with Gasteiger partial charge in [-0.1, -0.05) is 0 Å². The lowest BCUT2D eigenvalue weighted by atomic mass is 10.00. The van der Waals surface area contributed by atoms with Crippen molar-refractivity contribution >= 4 is 29.4 Å². The predicted molar refractivity (Wildman–Crippen MR) is 63.7 cm³/mol. The van der Waals surface area contributed by atoms with Crippen LogP contribution in [0.15, 0.2) is 0 Å². The summed E-state index contributed by atoms with van der Waals surface area (Å²) in [5.41, 5.74) is 4.77. The summed E-state index contributed by atoms with van der Waals surface area (Å²) in [6.07, 6.45) is 0. The smallest absolute Gasteiger partial charge is 0.245 e. The summed E-state index contributed by atoms with van der Waals surface area (Å²) < 4.78 is 0. The first-order valence-corrected chi connectivity index (χ1v) is 5.52. The maximum absolute atomic E-state index is 11.8. The number of nitrogens with one attached hydrogen (secondary N) is 1. The van der Waals surface area contributed by atoms with Crippen molar-refractivity contribution in [3.8, 4) is 0 Å². The molecule has 1 aromatic heterocycles. The Morgan fingerprint density at radius 2 is 2.12 bits per heavy atom. The van der Waals surface area contributed by atoms with E-state index in [-0.39, 0.29) is 17.1 Å². The molecule has 1 saturated heterocycles. The minimum atomic E-state index is -0.741. The number of hydrogen-bond acceptors (Lipinski definition) is 6. The van der Waals surface area contributed by atoms with Gasteiger partial charge in [-0.2, -0.15) is 15.0 Å². The Labute approximate surface area is 103 Å². The van der Waals surface area contributed by atoms with Gasteiger partial charge in [0.05, 0.1) is 0 Å². The molecule has 92 valence electrons. The van der Waals surface area contributed by atoms with E-state index < -0.39 is 5.54 Å². The van der Waals surface area contributed by atoms with Gasteiger partial charge in [0, 0.05) is 13.1 Å². The van der Waals surface area contributed by atoms with E-state index in [0.29, 0.717) is 19.0 Å². The van der Waals surface area contributed by atoms with Gasteiger partial charge < -0.3 is 16.0 Å². The van der Waals surface area contributed by atoms with Gasteiger partial charge in [-0.05, 0) is 25.4 Å². The largest absolute Gasteiger partial charge is 0.368 e. The minimum Gasteiger partial charge on any atom is -0.368 e. The van der Waals surface area contributed by atoms with E-state index >= 15 is 0 Å². The monoisotopic (exact) mass is 256 g/mol. The molecule has 8 heteroatoms. The normalized spacial score (nSPS) is 19.0. The second-order valence-corrected chi connectivity index (χ2v) is 4.57. The Morgan fingerprint density at radius 1 is 1.41 bits per heavy atom. The van der Waals surface area contributed by atoms with Crippen molar-refractivity contribution in [2.75, 3.05) is 23.7 Å². The Hall–Kier alpha value is -1.63. The van der Waals surface area contributed by atoms with Crippen LogP contribution >= 0.6 is 11.6 Å². The molecule has 1 fully saturated rings. The number of nitrogens with two attached hydrogens (primary N) is 1. The van der Waals surface area contributed by atoms with Gasteiger partial charge in [-0.25, -0.2) is 0 Å². The lowest BCUT2D eigenvalue weighted by molar-refractivity contribution is -0.126. The van der Waals surface area contributed by atoms with Crippen molar-refractivity contribution in [1.82, 2.24) is 20.3 Å². The van der Waals surface area contributed by atoms with Gasteiger partial charge in [0.2, 0.25) is 23.1 Å². The predicted octanol–water partition coefficient (Wildman–Crippen LogP) is -0.178. The third-order valence-electron chi connectivity index (χ3n) is 2.71. The van der Waals surface area contributed by atoms with Gasteiger partial charge in [0.1, 0.15) is 5.54 Å². The second kappa shape index (κ2) is 3.99.